The molecule has 2 aromatic carbocycles. The van der Waals surface area contributed by atoms with Gasteiger partial charge in [0.2, 0.25) is 23.3 Å². The Morgan fingerprint density at radius 2 is 1.76 bits per heavy atom. The summed E-state index contributed by atoms with van der Waals surface area (Å²) in [4.78, 5) is 23.5. The lowest BCUT2D eigenvalue weighted by Gasteiger charge is -2.45. The highest BCUT2D eigenvalue weighted by molar-refractivity contribution is 7.91. The first kappa shape index (κ1) is 44.3. The van der Waals surface area contributed by atoms with E-state index in [-0.39, 0.29) is 22.6 Å². The standard InChI is InChI=1S/C46H64ClN3O6SSi/c1-9-40(57(52,53)45-48-24-11-25-49-45)20-19-39(56-58(31(2)3,32(4)5)33(6)7)18-15-34-13-14-37(34)28-50-29-46(23-10-12-35-26-38(47)17-21-41(35)46)30-55-43-22-16-36(27-42(43)50)44(51)54-8/h11,15-18,21-22,24-27,31-34,37,39-40H,9-10,12-14,19-20,23,28-30H2,1-8H3/b18-15+/t34-,37-,39-,40+,46?/m0/s1. The molecule has 5 atom stereocenters. The van der Waals surface area contributed by atoms with E-state index in [1.165, 1.54) is 30.6 Å². The second kappa shape index (κ2) is 18.6. The zero-order valence-electron chi connectivity index (χ0n) is 35.7. The lowest BCUT2D eigenvalue weighted by molar-refractivity contribution is 0.0600. The summed E-state index contributed by atoms with van der Waals surface area (Å²) in [6.45, 7) is 17.8. The van der Waals surface area contributed by atoms with Crippen molar-refractivity contribution in [3.63, 3.8) is 0 Å². The number of halogens is 1. The van der Waals surface area contributed by atoms with Gasteiger partial charge >= 0.3 is 5.97 Å². The first-order chi connectivity index (χ1) is 27.6. The summed E-state index contributed by atoms with van der Waals surface area (Å²) in [5.41, 5.74) is 4.95. The van der Waals surface area contributed by atoms with Crippen LogP contribution in [-0.4, -0.2) is 70.8 Å². The van der Waals surface area contributed by atoms with Gasteiger partial charge in [-0.15, -0.1) is 0 Å². The van der Waals surface area contributed by atoms with Gasteiger partial charge in [0.25, 0.3) is 0 Å². The molecule has 1 aliphatic heterocycles. The molecule has 1 aromatic heterocycles. The number of carbonyl (C=O) groups is 1. The Bertz CT molecular complexity index is 2010. The number of aryl methyl sites for hydroxylation is 1. The average Bonchev–Trinajstić information content (AvgIpc) is 3.34. The van der Waals surface area contributed by atoms with E-state index in [1.54, 1.807) is 12.1 Å². The average molecular weight is 851 g/mol. The number of ether oxygens (including phenoxy) is 2. The Morgan fingerprint density at radius 3 is 2.40 bits per heavy atom. The minimum Gasteiger partial charge on any atom is -0.490 e. The molecule has 3 aliphatic rings. The topological polar surface area (TPSA) is 108 Å². The van der Waals surface area contributed by atoms with E-state index < -0.39 is 23.4 Å². The van der Waals surface area contributed by atoms with Crippen LogP contribution < -0.4 is 9.64 Å². The number of nitrogens with zero attached hydrogens (tertiary/aromatic N) is 3. The van der Waals surface area contributed by atoms with E-state index in [0.29, 0.717) is 59.9 Å². The minimum absolute atomic E-state index is 0.107. The van der Waals surface area contributed by atoms with Crippen molar-refractivity contribution in [2.24, 2.45) is 11.8 Å². The van der Waals surface area contributed by atoms with Gasteiger partial charge in [-0.25, -0.2) is 23.2 Å². The van der Waals surface area contributed by atoms with E-state index in [1.807, 2.05) is 25.1 Å². The van der Waals surface area contributed by atoms with Gasteiger partial charge in [-0.3, -0.25) is 0 Å². The molecule has 12 heteroatoms. The van der Waals surface area contributed by atoms with Crippen molar-refractivity contribution >= 4 is 41.4 Å². The first-order valence-corrected chi connectivity index (χ1v) is 25.5. The molecule has 9 nitrogen and oxygen atoms in total. The molecule has 2 heterocycles. The second-order valence-electron chi connectivity index (χ2n) is 17.8. The van der Waals surface area contributed by atoms with E-state index >= 15 is 0 Å². The smallest absolute Gasteiger partial charge is 0.337 e. The van der Waals surface area contributed by atoms with Gasteiger partial charge in [-0.1, -0.05) is 78.3 Å². The predicted octanol–water partition coefficient (Wildman–Crippen LogP) is 10.6. The van der Waals surface area contributed by atoms with Gasteiger partial charge < -0.3 is 18.8 Å². The highest BCUT2D eigenvalue weighted by Crippen LogP contribution is 2.47. The molecule has 1 fully saturated rings. The molecule has 1 unspecified atom stereocenters. The van der Waals surface area contributed by atoms with Gasteiger partial charge in [-0.2, -0.15) is 0 Å². The normalized spacial score (nSPS) is 22.0. The second-order valence-corrected chi connectivity index (χ2v) is 25.8. The van der Waals surface area contributed by atoms with Crippen molar-refractivity contribution in [1.29, 1.82) is 0 Å². The quantitative estimate of drug-likeness (QED) is 0.0602. The molecule has 0 N–H and O–H groups in total. The Balaban J connectivity index is 1.29. The third-order valence-electron chi connectivity index (χ3n) is 13.5. The van der Waals surface area contributed by atoms with Crippen molar-refractivity contribution < 1.29 is 27.1 Å². The summed E-state index contributed by atoms with van der Waals surface area (Å²) < 4.78 is 46.6. The zero-order chi connectivity index (χ0) is 41.8. The summed E-state index contributed by atoms with van der Waals surface area (Å²) >= 11 is 6.50. The lowest BCUT2D eigenvalue weighted by Crippen LogP contribution is -2.50. The Kier molecular flexibility index (Phi) is 14.2. The number of hydrogen-bond acceptors (Lipinski definition) is 9. The molecular formula is C46H64ClN3O6SSi. The molecule has 1 spiro atoms. The number of benzene rings is 2. The van der Waals surface area contributed by atoms with Crippen molar-refractivity contribution in [1.82, 2.24) is 9.97 Å². The summed E-state index contributed by atoms with van der Waals surface area (Å²) in [6.07, 6.45) is 14.1. The van der Waals surface area contributed by atoms with Gasteiger partial charge in [0.05, 0.1) is 36.3 Å². The molecule has 316 valence electrons. The fourth-order valence-corrected chi connectivity index (χ4v) is 17.7. The third-order valence-corrected chi connectivity index (χ3v) is 22.0. The van der Waals surface area contributed by atoms with E-state index in [4.69, 9.17) is 25.5 Å². The number of aromatic nitrogens is 2. The van der Waals surface area contributed by atoms with E-state index in [0.717, 1.165) is 61.7 Å². The molecule has 2 aliphatic carbocycles. The Morgan fingerprint density at radius 1 is 1.03 bits per heavy atom. The van der Waals surface area contributed by atoms with Crippen LogP contribution in [0.2, 0.25) is 21.6 Å². The van der Waals surface area contributed by atoms with Crippen LogP contribution in [0.25, 0.3) is 0 Å². The maximum atomic E-state index is 13.7. The minimum atomic E-state index is -3.70. The Labute approximate surface area is 353 Å². The lowest BCUT2D eigenvalue weighted by atomic mass is 9.69. The van der Waals surface area contributed by atoms with Crippen LogP contribution in [0.5, 0.6) is 5.75 Å². The number of esters is 1. The van der Waals surface area contributed by atoms with Gasteiger partial charge in [0.1, 0.15) is 5.75 Å². The fraction of sp³-hybridized carbons (Fsp3) is 0.587. The number of methoxy groups -OCH3 is 1. The summed E-state index contributed by atoms with van der Waals surface area (Å²) in [5.74, 6) is 1.11. The van der Waals surface area contributed by atoms with Crippen molar-refractivity contribution in [2.45, 2.75) is 138 Å². The molecule has 3 aromatic rings. The predicted molar refractivity (Wildman–Crippen MR) is 235 cm³/mol. The summed E-state index contributed by atoms with van der Waals surface area (Å²) in [6, 6.07) is 13.6. The molecule has 58 heavy (non-hydrogen) atoms. The molecule has 0 amide bonds. The number of hydrogen-bond donors (Lipinski definition) is 0. The van der Waals surface area contributed by atoms with Crippen LogP contribution >= 0.6 is 11.6 Å². The molecule has 1 saturated carbocycles. The van der Waals surface area contributed by atoms with Crippen molar-refractivity contribution in [3.05, 3.63) is 88.7 Å². The molecule has 0 bridgehead atoms. The van der Waals surface area contributed by atoms with Crippen LogP contribution in [0.3, 0.4) is 0 Å². The number of rotatable bonds is 16. The van der Waals surface area contributed by atoms with E-state index in [2.05, 4.69) is 80.7 Å². The molecular weight excluding hydrogens is 786 g/mol. The van der Waals surface area contributed by atoms with Crippen LogP contribution in [0, 0.1) is 11.8 Å². The number of anilines is 1. The Hall–Kier alpha value is -3.25. The molecule has 6 rings (SSSR count). The molecule has 0 saturated heterocycles. The third kappa shape index (κ3) is 9.08. The first-order valence-electron chi connectivity index (χ1n) is 21.4. The van der Waals surface area contributed by atoms with Gasteiger partial charge in [0.15, 0.2) is 0 Å². The zero-order valence-corrected chi connectivity index (χ0v) is 38.3. The summed E-state index contributed by atoms with van der Waals surface area (Å²) in [7, 11) is -4.60. The number of sulfone groups is 1. The van der Waals surface area contributed by atoms with Crippen LogP contribution in [0.1, 0.15) is 115 Å². The summed E-state index contributed by atoms with van der Waals surface area (Å²) in [5, 5.41) is 0.0446. The SMILES string of the molecule is CC[C@H](CC[C@H](/C=C/[C@@H]1CC[C@H]1CN1CC2(CCCc3cc(Cl)ccc32)COc2ccc(C(=O)OC)cc21)O[Si](C(C)C)(C(C)C)C(C)C)S(=O)(=O)c1ncccn1. The highest BCUT2D eigenvalue weighted by Gasteiger charge is 2.47. The number of carbonyl (C=O) groups excluding carboxylic acids is 1. The largest absolute Gasteiger partial charge is 0.490 e. The number of allylic oxidation sites excluding steroid dienone is 1. The molecule has 0 radical (unpaired) electrons. The van der Waals surface area contributed by atoms with Crippen LogP contribution in [0.15, 0.2) is 72.2 Å². The maximum Gasteiger partial charge on any atom is 0.337 e. The van der Waals surface area contributed by atoms with E-state index in [9.17, 15) is 13.2 Å². The number of fused-ring (bicyclic) bond motifs is 3. The highest BCUT2D eigenvalue weighted by atomic mass is 35.5. The monoisotopic (exact) mass is 849 g/mol. The van der Waals surface area contributed by atoms with Crippen LogP contribution in [0.4, 0.5) is 5.69 Å². The van der Waals surface area contributed by atoms with Gasteiger partial charge in [-0.05, 0) is 127 Å². The maximum absolute atomic E-state index is 13.7. The van der Waals surface area contributed by atoms with Crippen molar-refractivity contribution in [2.75, 3.05) is 31.7 Å². The fourth-order valence-electron chi connectivity index (χ4n) is 10.4. The van der Waals surface area contributed by atoms with Gasteiger partial charge in [0, 0.05) is 35.9 Å². The van der Waals surface area contributed by atoms with Crippen molar-refractivity contribution in [3.8, 4) is 5.75 Å². The van der Waals surface area contributed by atoms with Crippen LogP contribution in [-0.2, 0) is 30.8 Å².